The number of nitrogens with one attached hydrogen (secondary N) is 2. The minimum atomic E-state index is -4.20. The molecular weight excluding hydrogens is 506 g/mol. The Labute approximate surface area is 223 Å². The molecule has 3 rings (SSSR count). The van der Waals surface area contributed by atoms with Crippen LogP contribution in [0.2, 0.25) is 0 Å². The number of hydrogen-bond donors (Lipinski definition) is 2. The van der Waals surface area contributed by atoms with Gasteiger partial charge in [0.2, 0.25) is 5.91 Å². The third-order valence-corrected chi connectivity index (χ3v) is 7.76. The van der Waals surface area contributed by atoms with Crippen LogP contribution in [-0.4, -0.2) is 47.0 Å². The molecule has 202 valence electrons. The standard InChI is InChI=1S/C28H33N3O6S/c1-6-20(3)29-28(33)23-9-7-8-10-24(23)30-27(32)18-31(21-13-11-19(2)12-14-21)38(34,35)22-15-16-25(36-4)26(17-22)37-5/h7-17,20H,6,18H2,1-5H3,(H,29,33)(H,30,32)/t20-/m1/s1. The first kappa shape index (κ1) is 28.5. The number of hydrogen-bond acceptors (Lipinski definition) is 6. The number of ether oxygens (including phenoxy) is 2. The summed E-state index contributed by atoms with van der Waals surface area (Å²) in [4.78, 5) is 25.9. The molecule has 10 heteroatoms. The second kappa shape index (κ2) is 12.5. The lowest BCUT2D eigenvalue weighted by Gasteiger charge is -2.25. The second-order valence-corrected chi connectivity index (χ2v) is 10.6. The van der Waals surface area contributed by atoms with Crippen LogP contribution in [0.3, 0.4) is 0 Å². The molecule has 38 heavy (non-hydrogen) atoms. The molecule has 3 aromatic carbocycles. The van der Waals surface area contributed by atoms with Crippen molar-refractivity contribution < 1.29 is 27.5 Å². The third kappa shape index (κ3) is 6.63. The topological polar surface area (TPSA) is 114 Å². The normalized spacial score (nSPS) is 11.8. The highest BCUT2D eigenvalue weighted by atomic mass is 32.2. The van der Waals surface area contributed by atoms with E-state index in [0.29, 0.717) is 11.4 Å². The van der Waals surface area contributed by atoms with Gasteiger partial charge in [-0.3, -0.25) is 13.9 Å². The van der Waals surface area contributed by atoms with Gasteiger partial charge in [-0.15, -0.1) is 0 Å². The van der Waals surface area contributed by atoms with Gasteiger partial charge in [-0.1, -0.05) is 36.8 Å². The summed E-state index contributed by atoms with van der Waals surface area (Å²) in [5, 5.41) is 5.59. The highest BCUT2D eigenvalue weighted by molar-refractivity contribution is 7.92. The first-order valence-corrected chi connectivity index (χ1v) is 13.6. The molecule has 3 aromatic rings. The van der Waals surface area contributed by atoms with E-state index in [2.05, 4.69) is 10.6 Å². The van der Waals surface area contributed by atoms with E-state index in [1.807, 2.05) is 20.8 Å². The fraction of sp³-hybridized carbons (Fsp3) is 0.286. The Morgan fingerprint density at radius 1 is 0.947 bits per heavy atom. The largest absolute Gasteiger partial charge is 0.493 e. The Morgan fingerprint density at radius 2 is 1.61 bits per heavy atom. The minimum absolute atomic E-state index is 0.0464. The number of rotatable bonds is 11. The number of carbonyl (C=O) groups is 2. The average Bonchev–Trinajstić information content (AvgIpc) is 2.91. The Balaban J connectivity index is 1.95. The number of aryl methyl sites for hydroxylation is 1. The summed E-state index contributed by atoms with van der Waals surface area (Å²) >= 11 is 0. The van der Waals surface area contributed by atoms with Gasteiger partial charge in [-0.2, -0.15) is 0 Å². The highest BCUT2D eigenvalue weighted by Crippen LogP contribution is 2.32. The number of anilines is 2. The number of nitrogens with zero attached hydrogens (tertiary/aromatic N) is 1. The second-order valence-electron chi connectivity index (χ2n) is 8.74. The van der Waals surface area contributed by atoms with Crippen molar-refractivity contribution in [2.75, 3.05) is 30.4 Å². The van der Waals surface area contributed by atoms with E-state index in [1.54, 1.807) is 48.5 Å². The van der Waals surface area contributed by atoms with Crippen LogP contribution in [0.5, 0.6) is 11.5 Å². The van der Waals surface area contributed by atoms with Gasteiger partial charge in [-0.25, -0.2) is 8.42 Å². The molecule has 0 saturated carbocycles. The molecule has 0 fully saturated rings. The summed E-state index contributed by atoms with van der Waals surface area (Å²) in [6.45, 7) is 5.20. The van der Waals surface area contributed by atoms with E-state index in [1.165, 1.54) is 32.4 Å². The van der Waals surface area contributed by atoms with Crippen LogP contribution in [0.4, 0.5) is 11.4 Å². The van der Waals surface area contributed by atoms with Crippen LogP contribution in [0.25, 0.3) is 0 Å². The molecular formula is C28H33N3O6S. The first-order chi connectivity index (χ1) is 18.1. The van der Waals surface area contributed by atoms with Gasteiger partial charge < -0.3 is 20.1 Å². The Kier molecular flexibility index (Phi) is 9.35. The van der Waals surface area contributed by atoms with Crippen LogP contribution in [0, 0.1) is 6.92 Å². The monoisotopic (exact) mass is 539 g/mol. The molecule has 0 heterocycles. The van der Waals surface area contributed by atoms with E-state index >= 15 is 0 Å². The van der Waals surface area contributed by atoms with E-state index in [0.717, 1.165) is 16.3 Å². The molecule has 0 aliphatic heterocycles. The molecule has 1 atom stereocenters. The summed E-state index contributed by atoms with van der Waals surface area (Å²) in [6.07, 6.45) is 0.750. The van der Waals surface area contributed by atoms with Crippen molar-refractivity contribution >= 4 is 33.2 Å². The zero-order chi connectivity index (χ0) is 27.9. The number of sulfonamides is 1. The van der Waals surface area contributed by atoms with Crippen molar-refractivity contribution in [2.24, 2.45) is 0 Å². The van der Waals surface area contributed by atoms with E-state index in [4.69, 9.17) is 9.47 Å². The van der Waals surface area contributed by atoms with Crippen molar-refractivity contribution in [3.63, 3.8) is 0 Å². The smallest absolute Gasteiger partial charge is 0.264 e. The predicted molar refractivity (Wildman–Crippen MR) is 148 cm³/mol. The van der Waals surface area contributed by atoms with Gasteiger partial charge in [0.15, 0.2) is 11.5 Å². The molecule has 2 amide bonds. The van der Waals surface area contributed by atoms with Crippen molar-refractivity contribution in [2.45, 2.75) is 38.1 Å². The molecule has 0 saturated heterocycles. The molecule has 0 unspecified atom stereocenters. The van der Waals surface area contributed by atoms with Crippen LogP contribution in [-0.2, 0) is 14.8 Å². The van der Waals surface area contributed by atoms with Gasteiger partial charge in [-0.05, 0) is 56.7 Å². The number of para-hydroxylation sites is 1. The van der Waals surface area contributed by atoms with Crippen molar-refractivity contribution in [3.05, 3.63) is 77.9 Å². The zero-order valence-corrected chi connectivity index (χ0v) is 23.0. The molecule has 0 aromatic heterocycles. The van der Waals surface area contributed by atoms with Crippen LogP contribution in [0.1, 0.15) is 36.2 Å². The fourth-order valence-electron chi connectivity index (χ4n) is 3.64. The summed E-state index contributed by atoms with van der Waals surface area (Å²) in [5.74, 6) is -0.330. The first-order valence-electron chi connectivity index (χ1n) is 12.1. The highest BCUT2D eigenvalue weighted by Gasteiger charge is 2.29. The lowest BCUT2D eigenvalue weighted by atomic mass is 10.1. The Morgan fingerprint density at radius 3 is 2.24 bits per heavy atom. The fourth-order valence-corrected chi connectivity index (χ4v) is 5.08. The van der Waals surface area contributed by atoms with Gasteiger partial charge >= 0.3 is 0 Å². The minimum Gasteiger partial charge on any atom is -0.493 e. The summed E-state index contributed by atoms with van der Waals surface area (Å²) in [6, 6.07) is 17.6. The quantitative estimate of drug-likeness (QED) is 0.374. The molecule has 0 bridgehead atoms. The maximum absolute atomic E-state index is 13.8. The molecule has 0 spiro atoms. The van der Waals surface area contributed by atoms with Gasteiger partial charge in [0, 0.05) is 12.1 Å². The van der Waals surface area contributed by atoms with E-state index in [-0.39, 0.29) is 33.8 Å². The van der Waals surface area contributed by atoms with E-state index in [9.17, 15) is 18.0 Å². The van der Waals surface area contributed by atoms with Crippen LogP contribution < -0.4 is 24.4 Å². The number of methoxy groups -OCH3 is 2. The van der Waals surface area contributed by atoms with Gasteiger partial charge in [0.1, 0.15) is 6.54 Å². The van der Waals surface area contributed by atoms with Crippen molar-refractivity contribution in [1.82, 2.24) is 5.32 Å². The number of amides is 2. The SMILES string of the molecule is CC[C@@H](C)NC(=O)c1ccccc1NC(=O)CN(c1ccc(C)cc1)S(=O)(=O)c1ccc(OC)c(OC)c1. The van der Waals surface area contributed by atoms with Crippen molar-refractivity contribution in [3.8, 4) is 11.5 Å². The molecule has 2 N–H and O–H groups in total. The number of benzene rings is 3. The Hall–Kier alpha value is -4.05. The third-order valence-electron chi connectivity index (χ3n) is 5.99. The molecule has 0 aliphatic carbocycles. The summed E-state index contributed by atoms with van der Waals surface area (Å²) < 4.78 is 39.1. The maximum Gasteiger partial charge on any atom is 0.264 e. The summed E-state index contributed by atoms with van der Waals surface area (Å²) in [5.41, 5.74) is 1.81. The molecule has 9 nitrogen and oxygen atoms in total. The van der Waals surface area contributed by atoms with Crippen molar-refractivity contribution in [1.29, 1.82) is 0 Å². The molecule has 0 aliphatic rings. The lowest BCUT2D eigenvalue weighted by molar-refractivity contribution is -0.114. The maximum atomic E-state index is 13.8. The summed E-state index contributed by atoms with van der Waals surface area (Å²) in [7, 11) is -1.33. The Bertz CT molecular complexity index is 1390. The lowest BCUT2D eigenvalue weighted by Crippen LogP contribution is -2.38. The zero-order valence-electron chi connectivity index (χ0n) is 22.1. The van der Waals surface area contributed by atoms with Crippen LogP contribution in [0.15, 0.2) is 71.6 Å². The molecule has 0 radical (unpaired) electrons. The van der Waals surface area contributed by atoms with Gasteiger partial charge in [0.05, 0.1) is 36.1 Å². The predicted octanol–water partition coefficient (Wildman–Crippen LogP) is 4.37. The van der Waals surface area contributed by atoms with E-state index < -0.39 is 22.5 Å². The van der Waals surface area contributed by atoms with Gasteiger partial charge in [0.25, 0.3) is 15.9 Å². The number of carbonyl (C=O) groups excluding carboxylic acids is 2. The van der Waals surface area contributed by atoms with Crippen LogP contribution >= 0.6 is 0 Å². The average molecular weight is 540 g/mol.